The maximum atomic E-state index is 12.1. The van der Waals surface area contributed by atoms with E-state index in [4.69, 9.17) is 39.4 Å². The highest BCUT2D eigenvalue weighted by Gasteiger charge is 2.44. The van der Waals surface area contributed by atoms with Crippen molar-refractivity contribution in [3.8, 4) is 22.5 Å². The number of hydrogen-bond donors (Lipinski definition) is 6. The van der Waals surface area contributed by atoms with Crippen molar-refractivity contribution in [2.24, 2.45) is 5.73 Å². The summed E-state index contributed by atoms with van der Waals surface area (Å²) in [6.45, 7) is 30.3. The van der Waals surface area contributed by atoms with E-state index in [-0.39, 0.29) is 51.0 Å². The Hall–Kier alpha value is -3.77. The fraction of sp³-hybridized carbons (Fsp3) is 0.540. The van der Waals surface area contributed by atoms with Crippen LogP contribution in [-0.2, 0) is 23.1 Å². The third kappa shape index (κ3) is 22.5. The number of nitrogens with two attached hydrogens (primary N) is 1. The molecule has 19 heteroatoms. The Morgan fingerprint density at radius 2 is 1.43 bits per heavy atom. The van der Waals surface area contributed by atoms with Gasteiger partial charge in [-0.1, -0.05) is 43.5 Å². The predicted molar refractivity (Wildman–Crippen MR) is 283 cm³/mol. The van der Waals surface area contributed by atoms with Crippen LogP contribution in [0.2, 0.25) is 37.0 Å². The second-order valence-corrected chi connectivity index (χ2v) is 29.0. The molecule has 2 aromatic rings. The van der Waals surface area contributed by atoms with E-state index >= 15 is 0 Å². The SMILES string of the molecule is C=C[Si](C)(C[SiH](C)C)C[Si](CCCN)(OCC)OCC.CCN(CC)c1ccc2c(-c3ccccc3C(=O)O)c3ccc(=[N+](CC)CC)cc-3oc2c1.O=C(O)COCCO.OCCOCCO.[Cl-]. The number of nitrogens with zero attached hydrogens (tertiary/aromatic N) is 2. The molecule has 0 fully saturated rings. The van der Waals surface area contributed by atoms with Crippen molar-refractivity contribution in [3.63, 3.8) is 0 Å². The number of benzene rings is 3. The van der Waals surface area contributed by atoms with Gasteiger partial charge in [-0.2, -0.15) is 0 Å². The summed E-state index contributed by atoms with van der Waals surface area (Å²) in [6.07, 6.45) is 1.01. The van der Waals surface area contributed by atoms with Crippen LogP contribution in [0.1, 0.15) is 58.3 Å². The molecule has 390 valence electrons. The molecule has 1 aliphatic carbocycles. The second-order valence-electron chi connectivity index (χ2n) is 16.6. The maximum Gasteiger partial charge on any atom is 0.336 e. The summed E-state index contributed by atoms with van der Waals surface area (Å²) in [5, 5.41) is 44.1. The minimum absolute atomic E-state index is 0. The highest BCUT2D eigenvalue weighted by Crippen LogP contribution is 2.42. The van der Waals surface area contributed by atoms with E-state index in [1.807, 2.05) is 12.1 Å². The van der Waals surface area contributed by atoms with Crippen LogP contribution in [0.15, 0.2) is 77.4 Å². The Kier molecular flexibility index (Phi) is 34.2. The molecule has 1 heterocycles. The topological polar surface area (TPSA) is 218 Å². The molecule has 0 bridgehead atoms. The Labute approximate surface area is 421 Å². The Morgan fingerprint density at radius 3 is 1.93 bits per heavy atom. The quantitative estimate of drug-likeness (QED) is 0.0217. The van der Waals surface area contributed by atoms with E-state index in [1.165, 1.54) is 5.67 Å². The number of aliphatic hydroxyl groups excluding tert-OH is 3. The lowest BCUT2D eigenvalue weighted by Crippen LogP contribution is -3.00. The number of ether oxygens (including phenoxy) is 2. The first-order chi connectivity index (χ1) is 32.6. The molecule has 1 atom stereocenters. The van der Waals surface area contributed by atoms with Gasteiger partial charge in [0.1, 0.15) is 31.0 Å². The molecular formula is C50H84ClN3O12Si3. The van der Waals surface area contributed by atoms with Gasteiger partial charge in [0.2, 0.25) is 5.36 Å². The molecule has 4 rings (SSSR count). The fourth-order valence-electron chi connectivity index (χ4n) is 8.12. The zero-order valence-electron chi connectivity index (χ0n) is 42.8. The lowest BCUT2D eigenvalue weighted by atomic mass is 9.90. The highest BCUT2D eigenvalue weighted by molar-refractivity contribution is 6.99. The van der Waals surface area contributed by atoms with E-state index in [2.05, 4.69) is 129 Å². The number of aliphatic carboxylic acids is 1. The van der Waals surface area contributed by atoms with Gasteiger partial charge in [0.05, 0.1) is 59.3 Å². The Morgan fingerprint density at radius 1 is 0.841 bits per heavy atom. The van der Waals surface area contributed by atoms with E-state index in [9.17, 15) is 14.7 Å². The average Bonchev–Trinajstić information content (AvgIpc) is 3.31. The maximum absolute atomic E-state index is 12.1. The number of hydrogen-bond acceptors (Lipinski definition) is 12. The van der Waals surface area contributed by atoms with E-state index in [1.54, 1.807) is 12.1 Å². The van der Waals surface area contributed by atoms with Gasteiger partial charge in [0.25, 0.3) is 0 Å². The normalized spacial score (nSPS) is 11.8. The number of carboxylic acid groups (broad SMARTS) is 2. The summed E-state index contributed by atoms with van der Waals surface area (Å²) < 4.78 is 30.2. The summed E-state index contributed by atoms with van der Waals surface area (Å²) in [4.78, 5) is 24.0. The first-order valence-electron chi connectivity index (χ1n) is 24.0. The van der Waals surface area contributed by atoms with E-state index in [0.717, 1.165) is 103 Å². The molecule has 1 aliphatic heterocycles. The van der Waals surface area contributed by atoms with Crippen molar-refractivity contribution in [3.05, 3.63) is 83.9 Å². The molecule has 15 nitrogen and oxygen atoms in total. The second kappa shape index (κ2) is 36.2. The number of aromatic carboxylic acids is 1. The lowest BCUT2D eigenvalue weighted by molar-refractivity contribution is -0.142. The van der Waals surface area contributed by atoms with Crippen molar-refractivity contribution in [2.75, 3.05) is 97.1 Å². The molecule has 0 spiro atoms. The van der Waals surface area contributed by atoms with Crippen molar-refractivity contribution in [2.45, 2.75) is 85.0 Å². The van der Waals surface area contributed by atoms with Gasteiger partial charge in [0.15, 0.2) is 0 Å². The van der Waals surface area contributed by atoms with Gasteiger partial charge in [-0.3, -0.25) is 0 Å². The number of fused-ring (bicyclic) bond motifs is 2. The zero-order chi connectivity index (χ0) is 51.1. The van der Waals surface area contributed by atoms with Crippen LogP contribution >= 0.6 is 0 Å². The van der Waals surface area contributed by atoms with Crippen molar-refractivity contribution in [1.29, 1.82) is 0 Å². The lowest BCUT2D eigenvalue weighted by Gasteiger charge is -2.37. The van der Waals surface area contributed by atoms with Crippen molar-refractivity contribution in [1.82, 2.24) is 4.58 Å². The van der Waals surface area contributed by atoms with Gasteiger partial charge in [-0.05, 0) is 96.0 Å². The molecule has 0 aromatic heterocycles. The summed E-state index contributed by atoms with van der Waals surface area (Å²) in [5.74, 6) is -1.20. The van der Waals surface area contributed by atoms with Crippen LogP contribution in [-0.4, -0.2) is 155 Å². The molecular weight excluding hydrogens is 954 g/mol. The first-order valence-corrected chi connectivity index (χ1v) is 32.4. The zero-order valence-corrected chi connectivity index (χ0v) is 46.7. The van der Waals surface area contributed by atoms with Crippen LogP contribution in [0.4, 0.5) is 5.69 Å². The van der Waals surface area contributed by atoms with Gasteiger partial charge >= 0.3 is 20.5 Å². The molecule has 7 N–H and O–H groups in total. The standard InChI is InChI=1S/C28H30N2O3.C14H35NO2Si3.C4H8O4.C4H10O3.ClH/c1-5-29(6-2)19-13-15-23-25(17-19)33-26-18-20(30(7-3)8-4)14-16-24(26)27(23)21-11-9-10-12-22(21)28(31)32;1-7-16-20(17-8-2,12-10-11-15)14-19(6,9-3)13-18(4)5;5-1-2-8-3-4(6)7;5-1-3-7-4-2-6;/h9-18H,5-8H2,1-4H3;9,18H,3,7-8,10-15H2,1-2,4-6H3;5H,1-3H2,(H,6,7);5-6H,1-4H2;1H. The largest absolute Gasteiger partial charge is 1.00 e. The molecule has 0 saturated heterocycles. The van der Waals surface area contributed by atoms with Gasteiger partial charge in [-0.15, -0.1) is 12.3 Å². The fourth-order valence-corrected chi connectivity index (χ4v) is 27.3. The third-order valence-electron chi connectivity index (χ3n) is 10.9. The number of aliphatic hydroxyl groups is 3. The van der Waals surface area contributed by atoms with Gasteiger partial charge < -0.3 is 71.3 Å². The molecule has 2 aromatic carbocycles. The van der Waals surface area contributed by atoms with Crippen LogP contribution in [0.5, 0.6) is 0 Å². The van der Waals surface area contributed by atoms with Gasteiger partial charge in [0, 0.05) is 69.4 Å². The van der Waals surface area contributed by atoms with Crippen LogP contribution in [0.3, 0.4) is 0 Å². The van der Waals surface area contributed by atoms with Crippen LogP contribution in [0, 0.1) is 0 Å². The van der Waals surface area contributed by atoms with E-state index < -0.39 is 37.4 Å². The first kappa shape index (κ1) is 65.2. The molecule has 0 radical (unpaired) electrons. The third-order valence-corrected chi connectivity index (χ3v) is 27.0. The smallest absolute Gasteiger partial charge is 0.336 e. The Bertz CT molecular complexity index is 2090. The minimum Gasteiger partial charge on any atom is -1.00 e. The number of halogens is 1. The molecule has 2 aliphatic rings. The van der Waals surface area contributed by atoms with Gasteiger partial charge in [-0.25, -0.2) is 14.2 Å². The van der Waals surface area contributed by atoms with Crippen LogP contribution < -0.4 is 33.0 Å². The molecule has 0 saturated carbocycles. The predicted octanol–water partition coefficient (Wildman–Crippen LogP) is 3.85. The summed E-state index contributed by atoms with van der Waals surface area (Å²) in [6, 6.07) is 20.7. The van der Waals surface area contributed by atoms with E-state index in [0.29, 0.717) is 18.8 Å². The minimum atomic E-state index is -2.11. The number of rotatable bonds is 27. The van der Waals surface area contributed by atoms with Crippen molar-refractivity contribution >= 4 is 54.0 Å². The summed E-state index contributed by atoms with van der Waals surface area (Å²) in [7, 11) is -4.15. The summed E-state index contributed by atoms with van der Waals surface area (Å²) >= 11 is 0. The summed E-state index contributed by atoms with van der Waals surface area (Å²) in [5.41, 5.74) is 15.1. The average molecular weight is 1040 g/mol. The van der Waals surface area contributed by atoms with Crippen LogP contribution in [0.25, 0.3) is 33.4 Å². The Balaban J connectivity index is 0.00000109. The molecule has 1 unspecified atom stereocenters. The molecule has 69 heavy (non-hydrogen) atoms. The van der Waals surface area contributed by atoms with Crippen molar-refractivity contribution < 1.29 is 70.3 Å². The highest BCUT2D eigenvalue weighted by atomic mass is 35.5. The number of carboxylic acids is 2. The monoisotopic (exact) mass is 1040 g/mol. The number of anilines is 1. The molecule has 0 amide bonds. The number of carbonyl (C=O) groups is 2.